The van der Waals surface area contributed by atoms with Crippen molar-refractivity contribution in [2.75, 3.05) is 0 Å². The van der Waals surface area contributed by atoms with Gasteiger partial charge in [0.15, 0.2) is 0 Å². The normalized spacial score (nSPS) is 14.3. The van der Waals surface area contributed by atoms with Crippen LogP contribution in [0.5, 0.6) is 0 Å². The fraction of sp³-hybridized carbons (Fsp3) is 0.278. The molecule has 3 heterocycles. The Kier molecular flexibility index (Phi) is 15.5. The van der Waals surface area contributed by atoms with Crippen LogP contribution in [0.4, 0.5) is 0 Å². The van der Waals surface area contributed by atoms with Crippen molar-refractivity contribution in [3.63, 3.8) is 0 Å². The van der Waals surface area contributed by atoms with Gasteiger partial charge in [0.05, 0.1) is 22.1 Å². The lowest BCUT2D eigenvalue weighted by Gasteiger charge is -2.13. The third kappa shape index (κ3) is 8.49. The van der Waals surface area contributed by atoms with Gasteiger partial charge in [-0.25, -0.2) is 4.98 Å². The Morgan fingerprint density at radius 3 is 2.05 bits per heavy atom. The molecule has 0 fully saturated rings. The van der Waals surface area contributed by atoms with Crippen LogP contribution in [0.1, 0.15) is 104 Å². The van der Waals surface area contributed by atoms with E-state index in [0.717, 1.165) is 48.1 Å². The molecule has 5 heteroatoms. The predicted molar refractivity (Wildman–Crippen MR) is 260 cm³/mol. The molecule has 3 N–H and O–H groups in total. The molecule has 4 aliphatic rings. The third-order valence-electron chi connectivity index (χ3n) is 11.0. The molecule has 59 heavy (non-hydrogen) atoms. The van der Waals surface area contributed by atoms with Gasteiger partial charge in [0.25, 0.3) is 0 Å². The molecular formula is C54H64N4O. The first-order chi connectivity index (χ1) is 28.7. The van der Waals surface area contributed by atoms with Gasteiger partial charge in [-0.05, 0) is 78.8 Å². The molecule has 11 rings (SSSR count). The second kappa shape index (κ2) is 20.7. The topological polar surface area (TPSA) is 70.0 Å². The Morgan fingerprint density at radius 1 is 0.627 bits per heavy atom. The number of hydrogen-bond donors (Lipinski definition) is 1. The molecular weight excluding hydrogens is 721 g/mol. The van der Waals surface area contributed by atoms with Gasteiger partial charge in [-0.15, -0.1) is 0 Å². The number of allylic oxidation sites excluding steroid dienone is 12. The highest BCUT2D eigenvalue weighted by molar-refractivity contribution is 6.15. The van der Waals surface area contributed by atoms with Crippen molar-refractivity contribution in [3.05, 3.63) is 156 Å². The summed E-state index contributed by atoms with van der Waals surface area (Å²) in [5.41, 5.74) is 17.5. The van der Waals surface area contributed by atoms with Gasteiger partial charge in [0.2, 0.25) is 0 Å². The van der Waals surface area contributed by atoms with Gasteiger partial charge in [-0.1, -0.05) is 158 Å². The molecule has 0 amide bonds. The van der Waals surface area contributed by atoms with Crippen LogP contribution in [-0.2, 0) is 13.5 Å². The van der Waals surface area contributed by atoms with E-state index in [1.807, 2.05) is 97.9 Å². The molecule has 5 nitrogen and oxygen atoms in total. The van der Waals surface area contributed by atoms with Gasteiger partial charge in [0, 0.05) is 64.1 Å². The molecule has 0 aliphatic heterocycles. The standard InChI is InChI=1S/C33H28N2.C13H10N2.4C2H6.H2O/c1-34-29-17-22(21-9-3-2-4-10-21)15-16-26(29)27-19-28-31(20-30(27)34)35(24-12-6-7-13-24)32-18-23-11-5-8-14-25(23)33(28)32;1-2-6-10(7-3-1)13-14-11-8-4-5-9-12(11)15-13;4*1-2;/h2-3,6-9,12,14-17,19-20H,4-5,10-11,13,18H2,1H3;1-9H,(H,14,15);4*1-2H3;1H2. The first kappa shape index (κ1) is 44.2. The van der Waals surface area contributed by atoms with Crippen molar-refractivity contribution in [2.24, 2.45) is 7.05 Å². The van der Waals surface area contributed by atoms with Gasteiger partial charge in [-0.3, -0.25) is 0 Å². The largest absolute Gasteiger partial charge is 0.412 e. The van der Waals surface area contributed by atoms with Crippen LogP contribution in [0.25, 0.3) is 72.0 Å². The van der Waals surface area contributed by atoms with E-state index >= 15 is 0 Å². The van der Waals surface area contributed by atoms with Gasteiger partial charge < -0.3 is 19.6 Å². The number of aromatic nitrogens is 4. The summed E-state index contributed by atoms with van der Waals surface area (Å²) >= 11 is 0. The quantitative estimate of drug-likeness (QED) is 0.190. The summed E-state index contributed by atoms with van der Waals surface area (Å²) in [5, 5.41) is 4.13. The minimum Gasteiger partial charge on any atom is -0.412 e. The zero-order valence-corrected chi connectivity index (χ0v) is 36.8. The maximum atomic E-state index is 4.53. The SMILES string of the molecule is CC.CC.CC.CC.Cn1c2cc(C3=CC=CCC3)ccc2c2cc3c4c(n(C5=CC=CC5)c3cc21)CC1=C4C=CCC1.O.c1ccc(-c2nc3ccccc3[nH]2)cc1. The van der Waals surface area contributed by atoms with Crippen molar-refractivity contribution < 1.29 is 5.48 Å². The van der Waals surface area contributed by atoms with Crippen LogP contribution in [0.15, 0.2) is 139 Å². The highest BCUT2D eigenvalue weighted by Crippen LogP contribution is 2.47. The van der Waals surface area contributed by atoms with Crippen molar-refractivity contribution in [1.29, 1.82) is 0 Å². The van der Waals surface area contributed by atoms with Crippen LogP contribution < -0.4 is 0 Å². The molecule has 0 unspecified atom stereocenters. The maximum Gasteiger partial charge on any atom is 0.138 e. The van der Waals surface area contributed by atoms with Gasteiger partial charge in [-0.2, -0.15) is 0 Å². The fourth-order valence-electron chi connectivity index (χ4n) is 8.52. The number of hydrogen-bond acceptors (Lipinski definition) is 1. The lowest BCUT2D eigenvalue weighted by atomic mass is 9.95. The van der Waals surface area contributed by atoms with E-state index in [9.17, 15) is 0 Å². The molecule has 3 aromatic heterocycles. The summed E-state index contributed by atoms with van der Waals surface area (Å²) in [4.78, 5) is 7.83. The predicted octanol–water partition coefficient (Wildman–Crippen LogP) is 15.0. The number of nitrogens with zero attached hydrogens (tertiary/aromatic N) is 3. The van der Waals surface area contributed by atoms with E-state index in [2.05, 4.69) is 117 Å². The van der Waals surface area contributed by atoms with Gasteiger partial charge >= 0.3 is 0 Å². The first-order valence-corrected chi connectivity index (χ1v) is 21.9. The smallest absolute Gasteiger partial charge is 0.138 e. The summed E-state index contributed by atoms with van der Waals surface area (Å²) in [6, 6.07) is 30.2. The highest BCUT2D eigenvalue weighted by atomic mass is 16.0. The van der Waals surface area contributed by atoms with Crippen molar-refractivity contribution in [1.82, 2.24) is 19.1 Å². The van der Waals surface area contributed by atoms with Crippen LogP contribution in [-0.4, -0.2) is 24.6 Å². The number of nitrogens with one attached hydrogen (secondary N) is 1. The lowest BCUT2D eigenvalue weighted by Crippen LogP contribution is -2.01. The van der Waals surface area contributed by atoms with Crippen LogP contribution in [0.3, 0.4) is 0 Å². The molecule has 306 valence electrons. The Hall–Kier alpha value is -5.91. The Bertz CT molecular complexity index is 2670. The number of benzene rings is 4. The molecule has 4 aliphatic carbocycles. The summed E-state index contributed by atoms with van der Waals surface area (Å²) < 4.78 is 4.99. The average Bonchev–Trinajstić information content (AvgIpc) is 4.16. The molecule has 7 aromatic rings. The molecule has 0 atom stereocenters. The molecule has 4 aromatic carbocycles. The fourth-order valence-corrected chi connectivity index (χ4v) is 8.52. The number of imidazole rings is 1. The third-order valence-corrected chi connectivity index (χ3v) is 11.0. The van der Waals surface area contributed by atoms with Crippen LogP contribution in [0.2, 0.25) is 0 Å². The first-order valence-electron chi connectivity index (χ1n) is 21.9. The second-order valence-electron chi connectivity index (χ2n) is 13.9. The minimum absolute atomic E-state index is 0. The summed E-state index contributed by atoms with van der Waals surface area (Å²) in [7, 11) is 2.23. The number of aromatic amines is 1. The zero-order chi connectivity index (χ0) is 41.2. The number of fused-ring (bicyclic) bond motifs is 8. The van der Waals surface area contributed by atoms with Crippen molar-refractivity contribution in [2.45, 2.75) is 93.9 Å². The molecule has 0 saturated heterocycles. The van der Waals surface area contributed by atoms with E-state index in [1.54, 1.807) is 5.57 Å². The van der Waals surface area contributed by atoms with E-state index < -0.39 is 0 Å². The minimum atomic E-state index is 0. The summed E-state index contributed by atoms with van der Waals surface area (Å²) in [6.45, 7) is 16.0. The molecule has 0 radical (unpaired) electrons. The van der Waals surface area contributed by atoms with Gasteiger partial charge in [0.1, 0.15) is 5.82 Å². The Balaban J connectivity index is 0.000000232. The van der Waals surface area contributed by atoms with E-state index in [0.29, 0.717) is 0 Å². The van der Waals surface area contributed by atoms with Crippen LogP contribution in [0, 0.1) is 0 Å². The molecule has 0 saturated carbocycles. The monoisotopic (exact) mass is 785 g/mol. The zero-order valence-electron chi connectivity index (χ0n) is 36.8. The number of aryl methyl sites for hydroxylation is 1. The highest BCUT2D eigenvalue weighted by Gasteiger charge is 2.30. The molecule has 0 bridgehead atoms. The average molecular weight is 785 g/mol. The Morgan fingerprint density at radius 2 is 1.34 bits per heavy atom. The summed E-state index contributed by atoms with van der Waals surface area (Å²) in [6.07, 6.45) is 25.0. The van der Waals surface area contributed by atoms with E-state index in [1.165, 1.54) is 79.2 Å². The summed E-state index contributed by atoms with van der Waals surface area (Å²) in [5.74, 6) is 0.928. The van der Waals surface area contributed by atoms with Crippen LogP contribution >= 0.6 is 0 Å². The van der Waals surface area contributed by atoms with E-state index in [4.69, 9.17) is 0 Å². The van der Waals surface area contributed by atoms with E-state index in [-0.39, 0.29) is 5.48 Å². The number of rotatable bonds is 3. The number of para-hydroxylation sites is 2. The molecule has 0 spiro atoms. The number of H-pyrrole nitrogens is 1. The van der Waals surface area contributed by atoms with Crippen molar-refractivity contribution in [3.8, 4) is 11.4 Å². The Labute approximate surface area is 352 Å². The maximum absolute atomic E-state index is 4.53. The van der Waals surface area contributed by atoms with Crippen molar-refractivity contribution >= 4 is 60.6 Å². The lowest BCUT2D eigenvalue weighted by molar-refractivity contribution is 0.824. The second-order valence-corrected chi connectivity index (χ2v) is 13.9.